The molecule has 4 rings (SSSR count). The summed E-state index contributed by atoms with van der Waals surface area (Å²) in [5, 5.41) is 0. The highest BCUT2D eigenvalue weighted by molar-refractivity contribution is 5.19. The summed E-state index contributed by atoms with van der Waals surface area (Å²) in [7, 11) is 0. The Balaban J connectivity index is 1.86. The molecule has 24 heavy (non-hydrogen) atoms. The third-order valence-electron chi connectivity index (χ3n) is 7.86. The molecular weight excluding hydrogens is 312 g/mol. The summed E-state index contributed by atoms with van der Waals surface area (Å²) in [4.78, 5) is 34.0. The molecule has 3 atom stereocenters. The first kappa shape index (κ1) is 17.2. The highest BCUT2D eigenvalue weighted by Gasteiger charge is 2.93. The van der Waals surface area contributed by atoms with Gasteiger partial charge in [-0.3, -0.25) is 0 Å². The maximum absolute atomic E-state index is 5.68. The van der Waals surface area contributed by atoms with Gasteiger partial charge < -0.3 is 0 Å². The van der Waals surface area contributed by atoms with E-state index in [0.717, 1.165) is 38.5 Å². The number of hydrogen-bond acceptors (Lipinski definition) is 6. The SMILES string of the molecule is CCC1(C)CCC(C)(CC)C2(OO2)C2(OO2)C(C)(CC)C2(C1)OO2. The van der Waals surface area contributed by atoms with E-state index in [1.54, 1.807) is 0 Å². The van der Waals surface area contributed by atoms with Gasteiger partial charge in [0.1, 0.15) is 0 Å². The summed E-state index contributed by atoms with van der Waals surface area (Å²) >= 11 is 0. The highest BCUT2D eigenvalue weighted by Crippen LogP contribution is 2.75. The van der Waals surface area contributed by atoms with Gasteiger partial charge in [0.25, 0.3) is 5.79 Å². The first-order chi connectivity index (χ1) is 11.2. The zero-order valence-corrected chi connectivity index (χ0v) is 15.7. The molecule has 4 aliphatic rings. The van der Waals surface area contributed by atoms with Gasteiger partial charge in [0, 0.05) is 11.8 Å². The minimum atomic E-state index is -0.991. The Morgan fingerprint density at radius 1 is 0.667 bits per heavy atom. The van der Waals surface area contributed by atoms with Gasteiger partial charge in [-0.25, -0.2) is 0 Å². The van der Waals surface area contributed by atoms with Crippen LogP contribution >= 0.6 is 0 Å². The lowest BCUT2D eigenvalue weighted by atomic mass is 9.63. The van der Waals surface area contributed by atoms with E-state index in [4.69, 9.17) is 29.3 Å². The Labute approximate surface area is 143 Å². The van der Waals surface area contributed by atoms with Crippen LogP contribution in [0, 0.1) is 16.2 Å². The van der Waals surface area contributed by atoms with Crippen molar-refractivity contribution in [3.05, 3.63) is 0 Å². The van der Waals surface area contributed by atoms with Gasteiger partial charge in [-0.2, -0.15) is 29.3 Å². The van der Waals surface area contributed by atoms with Crippen LogP contribution in [0.15, 0.2) is 0 Å². The van der Waals surface area contributed by atoms with Crippen molar-refractivity contribution in [1.29, 1.82) is 0 Å². The van der Waals surface area contributed by atoms with Crippen LogP contribution in [0.4, 0.5) is 0 Å². The van der Waals surface area contributed by atoms with Gasteiger partial charge in [-0.1, -0.05) is 41.0 Å². The minimum Gasteiger partial charge on any atom is -0.194 e. The molecule has 0 aromatic carbocycles. The van der Waals surface area contributed by atoms with Crippen LogP contribution in [0.2, 0.25) is 0 Å². The average Bonchev–Trinajstić information content (AvgIpc) is 3.42. The van der Waals surface area contributed by atoms with Crippen molar-refractivity contribution in [3.8, 4) is 0 Å². The molecule has 3 heterocycles. The molecule has 4 fully saturated rings. The number of hydrogen-bond donors (Lipinski definition) is 0. The van der Waals surface area contributed by atoms with Crippen LogP contribution in [-0.2, 0) is 29.3 Å². The van der Waals surface area contributed by atoms with E-state index in [-0.39, 0.29) is 10.8 Å². The topological polar surface area (TPSA) is 75.2 Å². The lowest BCUT2D eigenvalue weighted by Gasteiger charge is -2.39. The van der Waals surface area contributed by atoms with Gasteiger partial charge in [-0.15, -0.1) is 0 Å². The molecule has 0 radical (unpaired) electrons. The summed E-state index contributed by atoms with van der Waals surface area (Å²) in [6.07, 6.45) is 5.57. The lowest BCUT2D eigenvalue weighted by molar-refractivity contribution is -0.0911. The normalized spacial score (nSPS) is 47.2. The van der Waals surface area contributed by atoms with Crippen LogP contribution in [-0.4, -0.2) is 17.4 Å². The predicted octanol–water partition coefficient (Wildman–Crippen LogP) is 4.39. The first-order valence-corrected chi connectivity index (χ1v) is 9.32. The van der Waals surface area contributed by atoms with E-state index in [0.29, 0.717) is 0 Å². The van der Waals surface area contributed by atoms with E-state index in [1.165, 1.54) is 0 Å². The fourth-order valence-corrected chi connectivity index (χ4v) is 4.79. The van der Waals surface area contributed by atoms with Crippen molar-refractivity contribution in [2.75, 3.05) is 0 Å². The first-order valence-electron chi connectivity index (χ1n) is 9.32. The summed E-state index contributed by atoms with van der Waals surface area (Å²) in [6, 6.07) is 0. The Hall–Kier alpha value is -0.240. The van der Waals surface area contributed by atoms with Crippen molar-refractivity contribution in [1.82, 2.24) is 0 Å². The smallest absolute Gasteiger partial charge is 0.194 e. The second-order valence-corrected chi connectivity index (χ2v) is 8.93. The molecule has 0 aromatic rings. The molecule has 3 saturated heterocycles. The van der Waals surface area contributed by atoms with E-state index in [1.807, 2.05) is 0 Å². The fraction of sp³-hybridized carbons (Fsp3) is 1.00. The van der Waals surface area contributed by atoms with Crippen LogP contribution < -0.4 is 0 Å². The molecule has 1 aliphatic carbocycles. The quantitative estimate of drug-likeness (QED) is 0.559. The third-order valence-corrected chi connectivity index (χ3v) is 7.86. The standard InChI is InChI=1S/C18H30O6/c1-7-13(4)10-11-14(5,8-2)17(21-22-17)18(23-24-18)15(6,9-3)16(12-13)19-20-16/h7-12H2,1-6H3. The lowest BCUT2D eigenvalue weighted by Crippen LogP contribution is -2.59. The van der Waals surface area contributed by atoms with Gasteiger partial charge in [0.15, 0.2) is 0 Å². The van der Waals surface area contributed by atoms with Crippen molar-refractivity contribution in [3.63, 3.8) is 0 Å². The Morgan fingerprint density at radius 3 is 1.62 bits per heavy atom. The molecule has 0 bridgehead atoms. The van der Waals surface area contributed by atoms with E-state index >= 15 is 0 Å². The molecule has 0 aromatic heterocycles. The van der Waals surface area contributed by atoms with Crippen molar-refractivity contribution >= 4 is 0 Å². The summed E-state index contributed by atoms with van der Waals surface area (Å²) in [6.45, 7) is 13.2. The van der Waals surface area contributed by atoms with Crippen LogP contribution in [0.1, 0.15) is 80.1 Å². The molecule has 1 saturated carbocycles. The Kier molecular flexibility index (Phi) is 3.38. The zero-order valence-electron chi connectivity index (χ0n) is 15.7. The monoisotopic (exact) mass is 342 g/mol. The summed E-state index contributed by atoms with van der Waals surface area (Å²) < 4.78 is 0. The van der Waals surface area contributed by atoms with Crippen molar-refractivity contribution in [2.45, 2.75) is 97.4 Å². The molecule has 6 nitrogen and oxygen atoms in total. The zero-order chi connectivity index (χ0) is 17.5. The maximum atomic E-state index is 5.68. The molecule has 3 unspecified atom stereocenters. The van der Waals surface area contributed by atoms with Crippen molar-refractivity contribution < 1.29 is 29.3 Å². The minimum absolute atomic E-state index is 0.111. The largest absolute Gasteiger partial charge is 0.303 e. The van der Waals surface area contributed by atoms with Crippen LogP contribution in [0.3, 0.4) is 0 Å². The van der Waals surface area contributed by atoms with E-state index in [2.05, 4.69) is 41.5 Å². The molecule has 3 aliphatic heterocycles. The van der Waals surface area contributed by atoms with E-state index in [9.17, 15) is 0 Å². The van der Waals surface area contributed by atoms with Crippen molar-refractivity contribution in [2.24, 2.45) is 16.2 Å². The van der Waals surface area contributed by atoms with Gasteiger partial charge in [-0.05, 0) is 38.0 Å². The molecule has 0 amide bonds. The Bertz CT molecular complexity index is 538. The molecule has 138 valence electrons. The number of rotatable bonds is 3. The Morgan fingerprint density at radius 2 is 1.25 bits per heavy atom. The van der Waals surface area contributed by atoms with Crippen LogP contribution in [0.5, 0.6) is 0 Å². The second-order valence-electron chi connectivity index (χ2n) is 8.93. The van der Waals surface area contributed by atoms with Gasteiger partial charge in [0.05, 0.1) is 5.41 Å². The summed E-state index contributed by atoms with van der Waals surface area (Å²) in [5.41, 5.74) is -0.635. The molecule has 6 heteroatoms. The fourth-order valence-electron chi connectivity index (χ4n) is 4.79. The van der Waals surface area contributed by atoms with E-state index < -0.39 is 22.8 Å². The number of fused-ring (bicyclic) bond motifs is 1. The predicted molar refractivity (Wildman–Crippen MR) is 83.7 cm³/mol. The third kappa shape index (κ3) is 1.77. The molecule has 3 spiro atoms. The highest BCUT2D eigenvalue weighted by atomic mass is 17.5. The van der Waals surface area contributed by atoms with Gasteiger partial charge >= 0.3 is 5.79 Å². The maximum Gasteiger partial charge on any atom is 0.303 e. The summed E-state index contributed by atoms with van der Waals surface area (Å²) in [5.74, 6) is -2.61. The van der Waals surface area contributed by atoms with Crippen LogP contribution in [0.25, 0.3) is 0 Å². The molecular formula is C18H30O6. The second kappa shape index (κ2) is 4.72. The van der Waals surface area contributed by atoms with Gasteiger partial charge in [0.2, 0.25) is 5.79 Å². The molecule has 0 N–H and O–H groups in total. The average molecular weight is 342 g/mol.